The van der Waals surface area contributed by atoms with Crippen LogP contribution in [0.2, 0.25) is 0 Å². The van der Waals surface area contributed by atoms with Crippen LogP contribution >= 0.6 is 27.3 Å². The molecule has 1 aromatic heterocycles. The van der Waals surface area contributed by atoms with E-state index in [1.807, 2.05) is 6.92 Å². The maximum atomic E-state index is 12.0. The van der Waals surface area contributed by atoms with Gasteiger partial charge in [0.2, 0.25) is 5.13 Å². The average molecular weight is 342 g/mol. The van der Waals surface area contributed by atoms with Crippen molar-refractivity contribution in [2.75, 3.05) is 12.4 Å². The van der Waals surface area contributed by atoms with Gasteiger partial charge < -0.3 is 4.74 Å². The van der Waals surface area contributed by atoms with E-state index in [0.29, 0.717) is 16.4 Å². The minimum Gasteiger partial charge on any atom is -0.496 e. The third-order valence-corrected chi connectivity index (χ3v) is 4.01. The van der Waals surface area contributed by atoms with Crippen LogP contribution in [0.25, 0.3) is 0 Å². The van der Waals surface area contributed by atoms with E-state index in [1.165, 1.54) is 11.3 Å². The second-order valence-electron chi connectivity index (χ2n) is 3.66. The van der Waals surface area contributed by atoms with Crippen LogP contribution in [0, 0.1) is 0 Å². The molecule has 1 aromatic carbocycles. The highest BCUT2D eigenvalue weighted by atomic mass is 79.9. The Bertz CT molecular complexity index is 600. The number of hydrogen-bond donors (Lipinski definition) is 1. The third-order valence-electron chi connectivity index (χ3n) is 2.40. The fraction of sp³-hybridized carbons (Fsp3) is 0.250. The molecule has 2 rings (SSSR count). The van der Waals surface area contributed by atoms with Crippen LogP contribution in [0.1, 0.15) is 22.3 Å². The summed E-state index contributed by atoms with van der Waals surface area (Å²) >= 11 is 4.72. The van der Waals surface area contributed by atoms with Crippen molar-refractivity contribution in [1.82, 2.24) is 10.2 Å². The van der Waals surface area contributed by atoms with Gasteiger partial charge in [0.25, 0.3) is 5.91 Å². The molecule has 0 saturated carbocycles. The predicted octanol–water partition coefficient (Wildman–Crippen LogP) is 3.12. The van der Waals surface area contributed by atoms with E-state index in [2.05, 4.69) is 31.4 Å². The van der Waals surface area contributed by atoms with Gasteiger partial charge in [0, 0.05) is 5.56 Å². The Morgan fingerprint density at radius 2 is 2.26 bits per heavy atom. The number of ether oxygens (including phenoxy) is 1. The monoisotopic (exact) mass is 341 g/mol. The van der Waals surface area contributed by atoms with Crippen molar-refractivity contribution in [2.45, 2.75) is 13.3 Å². The second kappa shape index (κ2) is 6.12. The number of hydrogen-bond acceptors (Lipinski definition) is 5. The fourth-order valence-electron chi connectivity index (χ4n) is 1.42. The first-order valence-electron chi connectivity index (χ1n) is 5.61. The lowest BCUT2D eigenvalue weighted by Crippen LogP contribution is -2.11. The Balaban J connectivity index is 2.13. The Kier molecular flexibility index (Phi) is 4.49. The first-order valence-corrected chi connectivity index (χ1v) is 7.22. The van der Waals surface area contributed by atoms with E-state index >= 15 is 0 Å². The first kappa shape index (κ1) is 14.0. The largest absolute Gasteiger partial charge is 0.496 e. The lowest BCUT2D eigenvalue weighted by molar-refractivity contribution is 0.102. The molecular formula is C12H12BrN3O2S. The van der Waals surface area contributed by atoms with Crippen LogP contribution in [0.15, 0.2) is 22.7 Å². The molecule has 1 N–H and O–H groups in total. The van der Waals surface area contributed by atoms with Gasteiger partial charge in [0.1, 0.15) is 10.8 Å². The summed E-state index contributed by atoms with van der Waals surface area (Å²) in [6.07, 6.45) is 0.807. The SMILES string of the molecule is CCc1nnc(NC(=O)c2ccc(OC)c(Br)c2)s1. The minimum absolute atomic E-state index is 0.220. The molecule has 5 nitrogen and oxygen atoms in total. The fourth-order valence-corrected chi connectivity index (χ4v) is 2.64. The van der Waals surface area contributed by atoms with Gasteiger partial charge in [-0.25, -0.2) is 0 Å². The summed E-state index contributed by atoms with van der Waals surface area (Å²) in [6.45, 7) is 1.99. The molecule has 0 aliphatic carbocycles. The molecule has 100 valence electrons. The molecule has 0 bridgehead atoms. The zero-order chi connectivity index (χ0) is 13.8. The molecule has 0 spiro atoms. The Hall–Kier alpha value is -1.47. The van der Waals surface area contributed by atoms with Crippen molar-refractivity contribution in [3.05, 3.63) is 33.2 Å². The Labute approximate surface area is 123 Å². The van der Waals surface area contributed by atoms with Gasteiger partial charge in [-0.1, -0.05) is 18.3 Å². The highest BCUT2D eigenvalue weighted by Gasteiger charge is 2.11. The van der Waals surface area contributed by atoms with Crippen LogP contribution in [0.3, 0.4) is 0 Å². The molecular weight excluding hydrogens is 330 g/mol. The summed E-state index contributed by atoms with van der Waals surface area (Å²) in [4.78, 5) is 12.0. The van der Waals surface area contributed by atoms with E-state index in [-0.39, 0.29) is 5.91 Å². The zero-order valence-electron chi connectivity index (χ0n) is 10.4. The number of carbonyl (C=O) groups excluding carboxylic acids is 1. The van der Waals surface area contributed by atoms with Crippen molar-refractivity contribution in [3.63, 3.8) is 0 Å². The van der Waals surface area contributed by atoms with Crippen molar-refractivity contribution < 1.29 is 9.53 Å². The van der Waals surface area contributed by atoms with E-state index in [1.54, 1.807) is 25.3 Å². The quantitative estimate of drug-likeness (QED) is 0.927. The van der Waals surface area contributed by atoms with Crippen LogP contribution in [0.5, 0.6) is 5.75 Å². The van der Waals surface area contributed by atoms with E-state index in [9.17, 15) is 4.79 Å². The molecule has 0 radical (unpaired) electrons. The molecule has 19 heavy (non-hydrogen) atoms. The van der Waals surface area contributed by atoms with Gasteiger partial charge in [0.15, 0.2) is 0 Å². The molecule has 0 saturated heterocycles. The number of halogens is 1. The molecule has 0 fully saturated rings. The van der Waals surface area contributed by atoms with Crippen molar-refractivity contribution in [1.29, 1.82) is 0 Å². The highest BCUT2D eigenvalue weighted by Crippen LogP contribution is 2.26. The molecule has 1 amide bonds. The lowest BCUT2D eigenvalue weighted by atomic mass is 10.2. The number of methoxy groups -OCH3 is 1. The summed E-state index contributed by atoms with van der Waals surface area (Å²) in [5, 5.41) is 12.0. The van der Waals surface area contributed by atoms with E-state index in [4.69, 9.17) is 4.74 Å². The maximum Gasteiger partial charge on any atom is 0.257 e. The zero-order valence-corrected chi connectivity index (χ0v) is 12.8. The first-order chi connectivity index (χ1) is 9.13. The van der Waals surface area contributed by atoms with Gasteiger partial charge in [-0.2, -0.15) is 0 Å². The number of amides is 1. The summed E-state index contributed by atoms with van der Waals surface area (Å²) < 4.78 is 5.85. The molecule has 7 heteroatoms. The minimum atomic E-state index is -0.220. The number of nitrogens with zero attached hydrogens (tertiary/aromatic N) is 2. The Morgan fingerprint density at radius 3 is 2.84 bits per heavy atom. The topological polar surface area (TPSA) is 64.1 Å². The number of aromatic nitrogens is 2. The summed E-state index contributed by atoms with van der Waals surface area (Å²) in [5.74, 6) is 0.461. The van der Waals surface area contributed by atoms with Crippen LogP contribution in [0.4, 0.5) is 5.13 Å². The lowest BCUT2D eigenvalue weighted by Gasteiger charge is -2.05. The molecule has 0 atom stereocenters. The number of rotatable bonds is 4. The predicted molar refractivity (Wildman–Crippen MR) is 77.9 cm³/mol. The van der Waals surface area contributed by atoms with Gasteiger partial charge in [-0.15, -0.1) is 10.2 Å². The molecule has 0 aliphatic rings. The van der Waals surface area contributed by atoms with Crippen molar-refractivity contribution >= 4 is 38.3 Å². The smallest absolute Gasteiger partial charge is 0.257 e. The van der Waals surface area contributed by atoms with Crippen LogP contribution in [-0.2, 0) is 6.42 Å². The Morgan fingerprint density at radius 1 is 1.47 bits per heavy atom. The summed E-state index contributed by atoms with van der Waals surface area (Å²) in [7, 11) is 1.58. The number of aryl methyl sites for hydroxylation is 1. The molecule has 2 aromatic rings. The molecule has 1 heterocycles. The standard InChI is InChI=1S/C12H12BrN3O2S/c1-3-10-15-16-12(19-10)14-11(17)7-4-5-9(18-2)8(13)6-7/h4-6H,3H2,1-2H3,(H,14,16,17). The van der Waals surface area contributed by atoms with E-state index < -0.39 is 0 Å². The molecule has 0 unspecified atom stereocenters. The van der Waals surface area contributed by atoms with Gasteiger partial charge in [-0.05, 0) is 40.5 Å². The van der Waals surface area contributed by atoms with Gasteiger partial charge >= 0.3 is 0 Å². The van der Waals surface area contributed by atoms with Gasteiger partial charge in [-0.3, -0.25) is 10.1 Å². The van der Waals surface area contributed by atoms with Crippen LogP contribution < -0.4 is 10.1 Å². The number of benzene rings is 1. The second-order valence-corrected chi connectivity index (χ2v) is 5.57. The molecule has 0 aliphatic heterocycles. The van der Waals surface area contributed by atoms with E-state index in [0.717, 1.165) is 15.9 Å². The number of nitrogens with one attached hydrogen (secondary N) is 1. The normalized spacial score (nSPS) is 10.3. The van der Waals surface area contributed by atoms with Crippen molar-refractivity contribution in [2.24, 2.45) is 0 Å². The van der Waals surface area contributed by atoms with Crippen LogP contribution in [-0.4, -0.2) is 23.2 Å². The number of anilines is 1. The van der Waals surface area contributed by atoms with Gasteiger partial charge in [0.05, 0.1) is 11.6 Å². The average Bonchev–Trinajstić information content (AvgIpc) is 2.86. The summed E-state index contributed by atoms with van der Waals surface area (Å²) in [6, 6.07) is 5.13. The highest BCUT2D eigenvalue weighted by molar-refractivity contribution is 9.10. The third kappa shape index (κ3) is 3.30. The van der Waals surface area contributed by atoms with Crippen molar-refractivity contribution in [3.8, 4) is 5.75 Å². The number of carbonyl (C=O) groups is 1. The maximum absolute atomic E-state index is 12.0. The summed E-state index contributed by atoms with van der Waals surface area (Å²) in [5.41, 5.74) is 0.529.